The van der Waals surface area contributed by atoms with Crippen LogP contribution in [0.5, 0.6) is 5.75 Å². The normalized spacial score (nSPS) is 20.5. The first-order valence-corrected chi connectivity index (χ1v) is 7.93. The standard InChI is InChI=1S/C13H18N2O4S/c1-3-19-11-4-6-12(7-5-11)20(17,18)15-9-8-14-13(16)10(15)2/h4-7,10H,3,8-9H2,1-2H3,(H,14,16). The van der Waals surface area contributed by atoms with Crippen molar-refractivity contribution in [1.29, 1.82) is 0 Å². The predicted molar refractivity (Wildman–Crippen MR) is 74.0 cm³/mol. The molecule has 1 unspecified atom stereocenters. The lowest BCUT2D eigenvalue weighted by atomic mass is 10.2. The fraction of sp³-hybridized carbons (Fsp3) is 0.462. The van der Waals surface area contributed by atoms with Crippen LogP contribution in [-0.4, -0.2) is 44.4 Å². The molecule has 0 aromatic heterocycles. The van der Waals surface area contributed by atoms with Gasteiger partial charge in [-0.25, -0.2) is 8.42 Å². The molecule has 0 bridgehead atoms. The Labute approximate surface area is 118 Å². The van der Waals surface area contributed by atoms with E-state index in [0.717, 1.165) is 0 Å². The van der Waals surface area contributed by atoms with Crippen LogP contribution in [0.3, 0.4) is 0 Å². The first-order valence-electron chi connectivity index (χ1n) is 6.49. The molecule has 110 valence electrons. The van der Waals surface area contributed by atoms with Gasteiger partial charge in [-0.05, 0) is 38.1 Å². The highest BCUT2D eigenvalue weighted by atomic mass is 32.2. The van der Waals surface area contributed by atoms with Gasteiger partial charge < -0.3 is 10.1 Å². The molecule has 1 aliphatic rings. The number of carbonyl (C=O) groups is 1. The summed E-state index contributed by atoms with van der Waals surface area (Å²) in [6.07, 6.45) is 0. The molecule has 6 nitrogen and oxygen atoms in total. The van der Waals surface area contributed by atoms with Crippen LogP contribution in [0.1, 0.15) is 13.8 Å². The van der Waals surface area contributed by atoms with Crippen molar-refractivity contribution >= 4 is 15.9 Å². The molecule has 1 aromatic carbocycles. The van der Waals surface area contributed by atoms with E-state index in [1.54, 1.807) is 19.1 Å². The average molecular weight is 298 g/mol. The van der Waals surface area contributed by atoms with Gasteiger partial charge in [0, 0.05) is 13.1 Å². The maximum Gasteiger partial charge on any atom is 0.243 e. The second-order valence-electron chi connectivity index (χ2n) is 4.49. The summed E-state index contributed by atoms with van der Waals surface area (Å²) in [5.41, 5.74) is 0. The van der Waals surface area contributed by atoms with Gasteiger partial charge in [0.2, 0.25) is 15.9 Å². The molecule has 1 aliphatic heterocycles. The van der Waals surface area contributed by atoms with Gasteiger partial charge >= 0.3 is 0 Å². The Hall–Kier alpha value is -1.60. The highest BCUT2D eigenvalue weighted by molar-refractivity contribution is 7.89. The Morgan fingerprint density at radius 1 is 1.35 bits per heavy atom. The number of carbonyl (C=O) groups excluding carboxylic acids is 1. The quantitative estimate of drug-likeness (QED) is 0.883. The number of hydrogen-bond acceptors (Lipinski definition) is 4. The molecule has 7 heteroatoms. The van der Waals surface area contributed by atoms with E-state index >= 15 is 0 Å². The maximum atomic E-state index is 12.5. The van der Waals surface area contributed by atoms with Gasteiger partial charge in [-0.15, -0.1) is 0 Å². The van der Waals surface area contributed by atoms with E-state index in [2.05, 4.69) is 5.32 Å². The van der Waals surface area contributed by atoms with E-state index in [1.165, 1.54) is 16.4 Å². The smallest absolute Gasteiger partial charge is 0.243 e. The highest BCUT2D eigenvalue weighted by Gasteiger charge is 2.35. The number of nitrogens with one attached hydrogen (secondary N) is 1. The number of amides is 1. The number of ether oxygens (including phenoxy) is 1. The number of rotatable bonds is 4. The van der Waals surface area contributed by atoms with Gasteiger partial charge in [0.25, 0.3) is 0 Å². The first-order chi connectivity index (χ1) is 9.46. The summed E-state index contributed by atoms with van der Waals surface area (Å²) < 4.78 is 31.5. The van der Waals surface area contributed by atoms with E-state index in [-0.39, 0.29) is 17.3 Å². The summed E-state index contributed by atoms with van der Waals surface area (Å²) in [4.78, 5) is 11.8. The Kier molecular flexibility index (Phi) is 4.29. The Bertz CT molecular complexity index is 583. The number of nitrogens with zero attached hydrogens (tertiary/aromatic N) is 1. The summed E-state index contributed by atoms with van der Waals surface area (Å²) in [5.74, 6) is 0.349. The molecule has 1 heterocycles. The average Bonchev–Trinajstić information content (AvgIpc) is 2.42. The minimum atomic E-state index is -3.66. The Morgan fingerprint density at radius 2 is 2.00 bits per heavy atom. The molecule has 1 atom stereocenters. The fourth-order valence-electron chi connectivity index (χ4n) is 2.10. The zero-order valence-corrected chi connectivity index (χ0v) is 12.3. The minimum absolute atomic E-state index is 0.169. The third kappa shape index (κ3) is 2.78. The molecule has 0 spiro atoms. The molecule has 0 radical (unpaired) electrons. The summed E-state index contributed by atoms with van der Waals surface area (Å²) in [6.45, 7) is 4.58. The summed E-state index contributed by atoms with van der Waals surface area (Å²) in [5, 5.41) is 2.65. The van der Waals surface area contributed by atoms with Gasteiger partial charge in [0.15, 0.2) is 0 Å². The van der Waals surface area contributed by atoms with Crippen LogP contribution in [0.25, 0.3) is 0 Å². The van der Waals surface area contributed by atoms with E-state index < -0.39 is 16.1 Å². The summed E-state index contributed by atoms with van der Waals surface area (Å²) in [6, 6.07) is 5.54. The summed E-state index contributed by atoms with van der Waals surface area (Å²) in [7, 11) is -3.66. The van der Waals surface area contributed by atoms with Crippen LogP contribution < -0.4 is 10.1 Å². The summed E-state index contributed by atoms with van der Waals surface area (Å²) >= 11 is 0. The molecular weight excluding hydrogens is 280 g/mol. The zero-order valence-electron chi connectivity index (χ0n) is 11.5. The third-order valence-electron chi connectivity index (χ3n) is 3.18. The zero-order chi connectivity index (χ0) is 14.8. The van der Waals surface area contributed by atoms with Gasteiger partial charge in [-0.3, -0.25) is 4.79 Å². The number of sulfonamides is 1. The first kappa shape index (κ1) is 14.8. The molecule has 1 N–H and O–H groups in total. The Balaban J connectivity index is 2.27. The minimum Gasteiger partial charge on any atom is -0.494 e. The third-order valence-corrected chi connectivity index (χ3v) is 5.17. The van der Waals surface area contributed by atoms with Crippen molar-refractivity contribution in [2.45, 2.75) is 24.8 Å². The van der Waals surface area contributed by atoms with Crippen LogP contribution in [0.4, 0.5) is 0 Å². The molecule has 1 amide bonds. The Morgan fingerprint density at radius 3 is 2.60 bits per heavy atom. The van der Waals surface area contributed by atoms with Gasteiger partial charge in [-0.2, -0.15) is 4.31 Å². The van der Waals surface area contributed by atoms with E-state index in [1.807, 2.05) is 6.92 Å². The molecule has 1 aromatic rings. The van der Waals surface area contributed by atoms with Crippen molar-refractivity contribution in [3.8, 4) is 5.75 Å². The number of piperazine rings is 1. The molecular formula is C13H18N2O4S. The van der Waals surface area contributed by atoms with E-state index in [4.69, 9.17) is 4.74 Å². The van der Waals surface area contributed by atoms with Crippen molar-refractivity contribution in [2.75, 3.05) is 19.7 Å². The van der Waals surface area contributed by atoms with Crippen LogP contribution in [-0.2, 0) is 14.8 Å². The fourth-order valence-corrected chi connectivity index (χ4v) is 3.69. The van der Waals surface area contributed by atoms with Crippen molar-refractivity contribution in [3.63, 3.8) is 0 Å². The lowest BCUT2D eigenvalue weighted by Crippen LogP contribution is -2.55. The molecule has 1 fully saturated rings. The molecule has 0 saturated carbocycles. The van der Waals surface area contributed by atoms with Gasteiger partial charge in [-0.1, -0.05) is 0 Å². The van der Waals surface area contributed by atoms with Crippen LogP contribution in [0.2, 0.25) is 0 Å². The second-order valence-corrected chi connectivity index (χ2v) is 6.38. The highest BCUT2D eigenvalue weighted by Crippen LogP contribution is 2.22. The van der Waals surface area contributed by atoms with Gasteiger partial charge in [0.1, 0.15) is 11.8 Å². The van der Waals surface area contributed by atoms with Crippen LogP contribution >= 0.6 is 0 Å². The van der Waals surface area contributed by atoms with E-state index in [0.29, 0.717) is 18.9 Å². The lowest BCUT2D eigenvalue weighted by molar-refractivity contribution is -0.126. The van der Waals surface area contributed by atoms with Gasteiger partial charge in [0.05, 0.1) is 11.5 Å². The van der Waals surface area contributed by atoms with Crippen molar-refractivity contribution in [1.82, 2.24) is 9.62 Å². The second kappa shape index (κ2) is 5.80. The number of hydrogen-bond donors (Lipinski definition) is 1. The van der Waals surface area contributed by atoms with Crippen LogP contribution in [0, 0.1) is 0 Å². The number of benzene rings is 1. The SMILES string of the molecule is CCOc1ccc(S(=O)(=O)N2CCNC(=O)C2C)cc1. The topological polar surface area (TPSA) is 75.7 Å². The van der Waals surface area contributed by atoms with Crippen molar-refractivity contribution in [3.05, 3.63) is 24.3 Å². The largest absolute Gasteiger partial charge is 0.494 e. The molecule has 2 rings (SSSR count). The van der Waals surface area contributed by atoms with E-state index in [9.17, 15) is 13.2 Å². The monoisotopic (exact) mass is 298 g/mol. The molecule has 20 heavy (non-hydrogen) atoms. The molecule has 1 saturated heterocycles. The van der Waals surface area contributed by atoms with Crippen LogP contribution in [0.15, 0.2) is 29.2 Å². The lowest BCUT2D eigenvalue weighted by Gasteiger charge is -2.31. The van der Waals surface area contributed by atoms with Crippen molar-refractivity contribution in [2.24, 2.45) is 0 Å². The maximum absolute atomic E-state index is 12.5. The predicted octanol–water partition coefficient (Wildman–Crippen LogP) is 0.594. The molecule has 0 aliphatic carbocycles. The van der Waals surface area contributed by atoms with Crippen molar-refractivity contribution < 1.29 is 17.9 Å².